The Hall–Kier alpha value is -1.76. The molecule has 0 amide bonds. The third-order valence-electron chi connectivity index (χ3n) is 2.46. The topological polar surface area (TPSA) is 48.4 Å². The van der Waals surface area contributed by atoms with E-state index in [4.69, 9.17) is 4.74 Å². The molecule has 0 radical (unpaired) electrons. The molecule has 1 aromatic carbocycles. The van der Waals surface area contributed by atoms with Gasteiger partial charge < -0.3 is 9.47 Å². The molecule has 0 bridgehead atoms. The maximum Gasteiger partial charge on any atom is 0.387 e. The lowest BCUT2D eigenvalue weighted by molar-refractivity contribution is -0.0502. The van der Waals surface area contributed by atoms with E-state index in [9.17, 15) is 13.6 Å². The standard InChI is InChI=1S/C13H10BrF2NO3/c1-2-19-12(18)8-3-7-4-9(14)11(20-13(15)16)5-10(7)17-6-8/h3-6,13H,2H2,1H3. The van der Waals surface area contributed by atoms with E-state index in [0.29, 0.717) is 20.9 Å². The summed E-state index contributed by atoms with van der Waals surface area (Å²) in [4.78, 5) is 15.6. The fourth-order valence-corrected chi connectivity index (χ4v) is 2.10. The number of fused-ring (bicyclic) bond motifs is 1. The van der Waals surface area contributed by atoms with E-state index < -0.39 is 12.6 Å². The molecule has 0 atom stereocenters. The van der Waals surface area contributed by atoms with Crippen molar-refractivity contribution in [3.05, 3.63) is 34.4 Å². The zero-order chi connectivity index (χ0) is 14.7. The summed E-state index contributed by atoms with van der Waals surface area (Å²) in [6.07, 6.45) is 1.33. The highest BCUT2D eigenvalue weighted by atomic mass is 79.9. The number of halogens is 3. The van der Waals surface area contributed by atoms with E-state index in [1.54, 1.807) is 19.1 Å². The largest absolute Gasteiger partial charge is 0.462 e. The quantitative estimate of drug-likeness (QED) is 0.791. The van der Waals surface area contributed by atoms with Gasteiger partial charge in [0.25, 0.3) is 0 Å². The van der Waals surface area contributed by atoms with Crippen LogP contribution in [0.3, 0.4) is 0 Å². The Morgan fingerprint density at radius 2 is 2.15 bits per heavy atom. The molecule has 0 N–H and O–H groups in total. The van der Waals surface area contributed by atoms with Crippen LogP contribution >= 0.6 is 15.9 Å². The Morgan fingerprint density at radius 1 is 1.40 bits per heavy atom. The molecule has 1 aromatic heterocycles. The van der Waals surface area contributed by atoms with E-state index in [0.717, 1.165) is 0 Å². The lowest BCUT2D eigenvalue weighted by Gasteiger charge is -2.09. The van der Waals surface area contributed by atoms with E-state index in [1.165, 1.54) is 12.3 Å². The molecule has 7 heteroatoms. The molecule has 2 aromatic rings. The molecular formula is C13H10BrF2NO3. The highest BCUT2D eigenvalue weighted by Gasteiger charge is 2.12. The number of nitrogens with zero attached hydrogens (tertiary/aromatic N) is 1. The molecular weight excluding hydrogens is 336 g/mol. The summed E-state index contributed by atoms with van der Waals surface area (Å²) in [5, 5.41) is 0.615. The Kier molecular flexibility index (Phi) is 4.49. The Bertz CT molecular complexity index is 649. The first-order chi connectivity index (χ1) is 9.51. The van der Waals surface area contributed by atoms with Crippen LogP contribution in [0.5, 0.6) is 5.75 Å². The number of benzene rings is 1. The van der Waals surface area contributed by atoms with Gasteiger partial charge in [0.2, 0.25) is 0 Å². The minimum atomic E-state index is -2.91. The maximum absolute atomic E-state index is 12.2. The van der Waals surface area contributed by atoms with E-state index in [1.807, 2.05) is 0 Å². The number of pyridine rings is 1. The molecule has 4 nitrogen and oxygen atoms in total. The van der Waals surface area contributed by atoms with Crippen LogP contribution in [0, 0.1) is 0 Å². The third kappa shape index (κ3) is 3.22. The normalized spacial score (nSPS) is 10.8. The number of ether oxygens (including phenoxy) is 2. The minimum Gasteiger partial charge on any atom is -0.462 e. The molecule has 0 fully saturated rings. The molecule has 0 aliphatic carbocycles. The van der Waals surface area contributed by atoms with Gasteiger partial charge in [0.1, 0.15) is 5.75 Å². The van der Waals surface area contributed by atoms with Crippen molar-refractivity contribution >= 4 is 32.8 Å². The van der Waals surface area contributed by atoms with Gasteiger partial charge >= 0.3 is 12.6 Å². The summed E-state index contributed by atoms with van der Waals surface area (Å²) in [6, 6.07) is 4.51. The first-order valence-corrected chi connectivity index (χ1v) is 6.51. The first-order valence-electron chi connectivity index (χ1n) is 5.72. The molecule has 0 spiro atoms. The van der Waals surface area contributed by atoms with Crippen molar-refractivity contribution < 1.29 is 23.0 Å². The van der Waals surface area contributed by atoms with Crippen molar-refractivity contribution in [2.75, 3.05) is 6.61 Å². The summed E-state index contributed by atoms with van der Waals surface area (Å²) < 4.78 is 34.0. The van der Waals surface area contributed by atoms with Crippen LogP contribution in [0.2, 0.25) is 0 Å². The van der Waals surface area contributed by atoms with Crippen molar-refractivity contribution in [3.8, 4) is 5.75 Å². The van der Waals surface area contributed by atoms with Gasteiger partial charge in [-0.2, -0.15) is 8.78 Å². The fraction of sp³-hybridized carbons (Fsp3) is 0.231. The fourth-order valence-electron chi connectivity index (χ4n) is 1.64. The molecule has 106 valence electrons. The maximum atomic E-state index is 12.2. The third-order valence-corrected chi connectivity index (χ3v) is 3.08. The minimum absolute atomic E-state index is 0.0103. The average Bonchev–Trinajstić information content (AvgIpc) is 2.39. The van der Waals surface area contributed by atoms with Crippen LogP contribution in [-0.4, -0.2) is 24.2 Å². The van der Waals surface area contributed by atoms with E-state index in [2.05, 4.69) is 25.7 Å². The van der Waals surface area contributed by atoms with Gasteiger partial charge in [-0.25, -0.2) is 4.79 Å². The van der Waals surface area contributed by atoms with Crippen molar-refractivity contribution in [3.63, 3.8) is 0 Å². The highest BCUT2D eigenvalue weighted by molar-refractivity contribution is 9.10. The second-order valence-corrected chi connectivity index (χ2v) is 4.65. The van der Waals surface area contributed by atoms with Gasteiger partial charge in [-0.3, -0.25) is 4.98 Å². The molecule has 20 heavy (non-hydrogen) atoms. The van der Waals surface area contributed by atoms with Crippen LogP contribution in [0.1, 0.15) is 17.3 Å². The number of carbonyl (C=O) groups excluding carboxylic acids is 1. The zero-order valence-corrected chi connectivity index (χ0v) is 12.0. The van der Waals surface area contributed by atoms with Gasteiger partial charge in [-0.15, -0.1) is 0 Å². The monoisotopic (exact) mass is 345 g/mol. The van der Waals surface area contributed by atoms with Crippen molar-refractivity contribution in [2.24, 2.45) is 0 Å². The highest BCUT2D eigenvalue weighted by Crippen LogP contribution is 2.31. The van der Waals surface area contributed by atoms with Crippen LogP contribution in [-0.2, 0) is 4.74 Å². The molecule has 0 aliphatic rings. The second-order valence-electron chi connectivity index (χ2n) is 3.80. The molecule has 0 aliphatic heterocycles. The molecule has 0 saturated heterocycles. The average molecular weight is 346 g/mol. The number of alkyl halides is 2. The smallest absolute Gasteiger partial charge is 0.387 e. The number of hydrogen-bond acceptors (Lipinski definition) is 4. The van der Waals surface area contributed by atoms with Gasteiger partial charge in [-0.1, -0.05) is 0 Å². The van der Waals surface area contributed by atoms with Gasteiger partial charge in [0.15, 0.2) is 0 Å². The van der Waals surface area contributed by atoms with E-state index in [-0.39, 0.29) is 12.4 Å². The summed E-state index contributed by atoms with van der Waals surface area (Å²) in [7, 11) is 0. The second kappa shape index (κ2) is 6.13. The molecule has 0 unspecified atom stereocenters. The Morgan fingerprint density at radius 3 is 2.80 bits per heavy atom. The van der Waals surface area contributed by atoms with Crippen LogP contribution < -0.4 is 4.74 Å². The number of carbonyl (C=O) groups is 1. The Labute approximate surface area is 121 Å². The van der Waals surface area contributed by atoms with Gasteiger partial charge in [0.05, 0.1) is 22.2 Å². The van der Waals surface area contributed by atoms with Crippen molar-refractivity contribution in [1.29, 1.82) is 0 Å². The van der Waals surface area contributed by atoms with Crippen molar-refractivity contribution in [2.45, 2.75) is 13.5 Å². The summed E-state index contributed by atoms with van der Waals surface area (Å²) >= 11 is 3.14. The van der Waals surface area contributed by atoms with Gasteiger partial charge in [0, 0.05) is 17.6 Å². The predicted molar refractivity (Wildman–Crippen MR) is 72.0 cm³/mol. The molecule has 0 saturated carbocycles. The summed E-state index contributed by atoms with van der Waals surface area (Å²) in [5.74, 6) is -0.491. The number of aromatic nitrogens is 1. The SMILES string of the molecule is CCOC(=O)c1cnc2cc(OC(F)F)c(Br)cc2c1. The number of esters is 1. The van der Waals surface area contributed by atoms with Gasteiger partial charge in [-0.05, 0) is 35.0 Å². The number of rotatable bonds is 4. The molecule has 1 heterocycles. The number of hydrogen-bond donors (Lipinski definition) is 0. The zero-order valence-electron chi connectivity index (χ0n) is 10.4. The van der Waals surface area contributed by atoms with Crippen LogP contribution in [0.15, 0.2) is 28.9 Å². The molecule has 2 rings (SSSR count). The lowest BCUT2D eigenvalue weighted by atomic mass is 10.1. The van der Waals surface area contributed by atoms with Crippen molar-refractivity contribution in [1.82, 2.24) is 4.98 Å². The van der Waals surface area contributed by atoms with Crippen LogP contribution in [0.4, 0.5) is 8.78 Å². The Balaban J connectivity index is 2.42. The first kappa shape index (κ1) is 14.6. The predicted octanol–water partition coefficient (Wildman–Crippen LogP) is 3.78. The van der Waals surface area contributed by atoms with E-state index >= 15 is 0 Å². The summed E-state index contributed by atoms with van der Waals surface area (Å²) in [5.41, 5.74) is 0.741. The lowest BCUT2D eigenvalue weighted by Crippen LogP contribution is -2.05. The van der Waals surface area contributed by atoms with Crippen LogP contribution in [0.25, 0.3) is 10.9 Å². The summed E-state index contributed by atoms with van der Waals surface area (Å²) in [6.45, 7) is -0.943.